The summed E-state index contributed by atoms with van der Waals surface area (Å²) in [6.07, 6.45) is 0. The number of likely N-dealkylation sites (N-methyl/N-ethyl adjacent to an activating group) is 2. The van der Waals surface area contributed by atoms with Gasteiger partial charge in [-0.25, -0.2) is 10.8 Å². The van der Waals surface area contributed by atoms with Crippen molar-refractivity contribution in [2.75, 3.05) is 44.6 Å². The first-order valence-electron chi connectivity index (χ1n) is 5.43. The van der Waals surface area contributed by atoms with Gasteiger partial charge >= 0.3 is 5.69 Å². The number of nitro groups is 1. The average Bonchev–Trinajstić information content (AvgIpc) is 2.34. The molecular weight excluding hydrogens is 236 g/mol. The van der Waals surface area contributed by atoms with Gasteiger partial charge in [0, 0.05) is 26.2 Å². The summed E-state index contributed by atoms with van der Waals surface area (Å²) in [6.45, 7) is 1.41. The molecule has 0 aliphatic heterocycles. The molecule has 0 aliphatic rings. The lowest BCUT2D eigenvalue weighted by Crippen LogP contribution is -2.29. The third-order valence-electron chi connectivity index (χ3n) is 2.44. The van der Waals surface area contributed by atoms with Gasteiger partial charge in [0.2, 0.25) is 5.82 Å². The number of hydrogen-bond donors (Lipinski definition) is 2. The first-order chi connectivity index (χ1) is 8.45. The lowest BCUT2D eigenvalue weighted by atomic mass is 10.3. The highest BCUT2D eigenvalue weighted by Crippen LogP contribution is 2.26. The molecule has 0 saturated carbocycles. The van der Waals surface area contributed by atoms with E-state index in [1.807, 2.05) is 19.0 Å². The summed E-state index contributed by atoms with van der Waals surface area (Å²) in [4.78, 5) is 18.3. The van der Waals surface area contributed by atoms with Crippen LogP contribution in [0, 0.1) is 10.1 Å². The van der Waals surface area contributed by atoms with Crippen LogP contribution in [-0.4, -0.2) is 49.0 Å². The number of hydrogen-bond acceptors (Lipinski definition) is 7. The molecule has 1 rings (SSSR count). The summed E-state index contributed by atoms with van der Waals surface area (Å²) < 4.78 is 0. The maximum absolute atomic E-state index is 10.9. The number of nitrogens with zero attached hydrogens (tertiary/aromatic N) is 4. The van der Waals surface area contributed by atoms with Crippen LogP contribution in [0.15, 0.2) is 12.1 Å². The van der Waals surface area contributed by atoms with Crippen LogP contribution in [0.1, 0.15) is 0 Å². The van der Waals surface area contributed by atoms with Crippen molar-refractivity contribution >= 4 is 17.3 Å². The Bertz CT molecular complexity index is 423. The van der Waals surface area contributed by atoms with E-state index < -0.39 is 4.92 Å². The Morgan fingerprint density at radius 2 is 2.06 bits per heavy atom. The molecule has 1 heterocycles. The fourth-order valence-electron chi connectivity index (χ4n) is 1.40. The van der Waals surface area contributed by atoms with Gasteiger partial charge in [0.25, 0.3) is 0 Å². The van der Waals surface area contributed by atoms with Gasteiger partial charge in [0.05, 0.1) is 4.92 Å². The molecule has 1 aromatic heterocycles. The van der Waals surface area contributed by atoms with Crippen LogP contribution in [0.25, 0.3) is 0 Å². The Labute approximate surface area is 106 Å². The van der Waals surface area contributed by atoms with Gasteiger partial charge in [0.15, 0.2) is 0 Å². The zero-order valence-electron chi connectivity index (χ0n) is 10.8. The highest BCUT2D eigenvalue weighted by atomic mass is 16.6. The Hall–Kier alpha value is -1.93. The van der Waals surface area contributed by atoms with Crippen LogP contribution < -0.4 is 16.2 Å². The third kappa shape index (κ3) is 3.54. The molecule has 0 atom stereocenters. The molecule has 8 nitrogen and oxygen atoms in total. The second-order valence-corrected chi connectivity index (χ2v) is 4.17. The Morgan fingerprint density at radius 3 is 2.56 bits per heavy atom. The van der Waals surface area contributed by atoms with E-state index in [1.165, 1.54) is 12.1 Å². The minimum atomic E-state index is -0.450. The van der Waals surface area contributed by atoms with Gasteiger partial charge in [-0.3, -0.25) is 10.1 Å². The van der Waals surface area contributed by atoms with E-state index in [2.05, 4.69) is 10.4 Å². The van der Waals surface area contributed by atoms with E-state index in [4.69, 9.17) is 5.84 Å². The molecule has 1 aromatic rings. The van der Waals surface area contributed by atoms with Gasteiger partial charge in [0.1, 0.15) is 5.82 Å². The monoisotopic (exact) mass is 254 g/mol. The number of anilines is 2. The summed E-state index contributed by atoms with van der Waals surface area (Å²) in [5.41, 5.74) is 2.35. The van der Waals surface area contributed by atoms with Crippen LogP contribution in [-0.2, 0) is 0 Å². The number of aromatic nitrogens is 1. The van der Waals surface area contributed by atoms with Crippen molar-refractivity contribution in [2.45, 2.75) is 0 Å². The molecule has 0 amide bonds. The SMILES string of the molecule is CN(C)CCN(C)c1nc(NN)ccc1[N+](=O)[O-]. The van der Waals surface area contributed by atoms with Crippen LogP contribution >= 0.6 is 0 Å². The summed E-state index contributed by atoms with van der Waals surface area (Å²) in [6, 6.07) is 2.87. The Kier molecular flexibility index (Phi) is 4.81. The second kappa shape index (κ2) is 6.12. The van der Waals surface area contributed by atoms with Gasteiger partial charge in [-0.05, 0) is 20.2 Å². The third-order valence-corrected chi connectivity index (χ3v) is 2.44. The van der Waals surface area contributed by atoms with E-state index >= 15 is 0 Å². The highest BCUT2D eigenvalue weighted by Gasteiger charge is 2.19. The van der Waals surface area contributed by atoms with E-state index in [1.54, 1.807) is 11.9 Å². The molecule has 8 heteroatoms. The first kappa shape index (κ1) is 14.1. The van der Waals surface area contributed by atoms with Crippen molar-refractivity contribution in [3.05, 3.63) is 22.2 Å². The zero-order chi connectivity index (χ0) is 13.7. The average molecular weight is 254 g/mol. The number of hydrazine groups is 1. The predicted molar refractivity (Wildman–Crippen MR) is 70.5 cm³/mol. The van der Waals surface area contributed by atoms with E-state index in [-0.39, 0.29) is 5.69 Å². The number of rotatable bonds is 6. The maximum atomic E-state index is 10.9. The summed E-state index contributed by atoms with van der Waals surface area (Å²) in [5, 5.41) is 10.9. The fraction of sp³-hybridized carbons (Fsp3) is 0.500. The molecule has 0 spiro atoms. The molecule has 100 valence electrons. The molecular formula is C10H18N6O2. The van der Waals surface area contributed by atoms with E-state index in [0.717, 1.165) is 6.54 Å². The second-order valence-electron chi connectivity index (χ2n) is 4.17. The molecule has 0 unspecified atom stereocenters. The van der Waals surface area contributed by atoms with Gasteiger partial charge in [-0.2, -0.15) is 0 Å². The van der Waals surface area contributed by atoms with Crippen molar-refractivity contribution < 1.29 is 4.92 Å². The van der Waals surface area contributed by atoms with Crippen molar-refractivity contribution in [2.24, 2.45) is 5.84 Å². The number of nitrogens with one attached hydrogen (secondary N) is 1. The summed E-state index contributed by atoms with van der Waals surface area (Å²) >= 11 is 0. The minimum absolute atomic E-state index is 0.0322. The van der Waals surface area contributed by atoms with Crippen LogP contribution in [0.5, 0.6) is 0 Å². The lowest BCUT2D eigenvalue weighted by Gasteiger charge is -2.20. The molecule has 0 bridgehead atoms. The predicted octanol–water partition coefficient (Wildman–Crippen LogP) is 0.273. The summed E-state index contributed by atoms with van der Waals surface area (Å²) in [7, 11) is 5.64. The molecule has 0 radical (unpaired) electrons. The van der Waals surface area contributed by atoms with E-state index in [9.17, 15) is 10.1 Å². The molecule has 0 fully saturated rings. The van der Waals surface area contributed by atoms with Gasteiger partial charge in [-0.15, -0.1) is 0 Å². The smallest absolute Gasteiger partial charge is 0.311 e. The van der Waals surface area contributed by atoms with Crippen LogP contribution in [0.4, 0.5) is 17.3 Å². The van der Waals surface area contributed by atoms with Crippen LogP contribution in [0.3, 0.4) is 0 Å². The summed E-state index contributed by atoms with van der Waals surface area (Å²) in [5.74, 6) is 5.96. The zero-order valence-corrected chi connectivity index (χ0v) is 10.8. The van der Waals surface area contributed by atoms with Gasteiger partial charge in [-0.1, -0.05) is 0 Å². The molecule has 18 heavy (non-hydrogen) atoms. The van der Waals surface area contributed by atoms with Crippen molar-refractivity contribution in [1.82, 2.24) is 9.88 Å². The van der Waals surface area contributed by atoms with Crippen LogP contribution in [0.2, 0.25) is 0 Å². The first-order valence-corrected chi connectivity index (χ1v) is 5.43. The Morgan fingerprint density at radius 1 is 1.39 bits per heavy atom. The van der Waals surface area contributed by atoms with Crippen molar-refractivity contribution in [1.29, 1.82) is 0 Å². The quantitative estimate of drug-likeness (QED) is 0.427. The molecule has 0 saturated heterocycles. The number of pyridine rings is 1. The molecule has 0 aliphatic carbocycles. The number of nitrogens with two attached hydrogens (primary N) is 1. The van der Waals surface area contributed by atoms with Crippen molar-refractivity contribution in [3.63, 3.8) is 0 Å². The molecule has 3 N–H and O–H groups in total. The largest absolute Gasteiger partial charge is 0.353 e. The minimum Gasteiger partial charge on any atom is -0.353 e. The number of nitrogen functional groups attached to an aromatic ring is 1. The lowest BCUT2D eigenvalue weighted by molar-refractivity contribution is -0.384. The standard InChI is InChI=1S/C10H18N6O2/c1-14(2)6-7-15(3)10-8(16(17)18)4-5-9(12-10)13-11/h4-5H,6-7,11H2,1-3H3,(H,12,13). The maximum Gasteiger partial charge on any atom is 0.311 e. The highest BCUT2D eigenvalue weighted by molar-refractivity contribution is 5.61. The normalized spacial score (nSPS) is 10.5. The van der Waals surface area contributed by atoms with Gasteiger partial charge < -0.3 is 15.2 Å². The molecule has 0 aromatic carbocycles. The van der Waals surface area contributed by atoms with E-state index in [0.29, 0.717) is 18.2 Å². The topological polar surface area (TPSA) is 101 Å². The Balaban J connectivity index is 2.99. The fourth-order valence-corrected chi connectivity index (χ4v) is 1.40. The van der Waals surface area contributed by atoms with Crippen molar-refractivity contribution in [3.8, 4) is 0 Å².